The summed E-state index contributed by atoms with van der Waals surface area (Å²) in [4.78, 5) is 25.2. The van der Waals surface area contributed by atoms with Gasteiger partial charge in [-0.05, 0) is 44.0 Å². The zero-order valence-electron chi connectivity index (χ0n) is 10.1. The molecule has 2 aromatic rings. The molecule has 1 aromatic carbocycles. The van der Waals surface area contributed by atoms with E-state index >= 15 is 0 Å². The van der Waals surface area contributed by atoms with Crippen LogP contribution in [0, 0.1) is 20.8 Å². The maximum Gasteiger partial charge on any atom is 0.333 e. The Morgan fingerprint density at radius 3 is 2.29 bits per heavy atom. The van der Waals surface area contributed by atoms with Gasteiger partial charge in [-0.3, -0.25) is 14.3 Å². The average molecular weight is 230 g/mol. The molecule has 0 bridgehead atoms. The van der Waals surface area contributed by atoms with Gasteiger partial charge in [0.15, 0.2) is 0 Å². The second-order valence-corrected chi connectivity index (χ2v) is 4.18. The second-order valence-electron chi connectivity index (χ2n) is 4.18. The normalized spacial score (nSPS) is 10.5. The first-order valence-corrected chi connectivity index (χ1v) is 5.39. The first-order valence-electron chi connectivity index (χ1n) is 5.39. The van der Waals surface area contributed by atoms with Crippen molar-refractivity contribution in [3.05, 3.63) is 61.9 Å². The fourth-order valence-electron chi connectivity index (χ4n) is 1.80. The number of aromatic nitrogens is 2. The van der Waals surface area contributed by atoms with Crippen LogP contribution in [0.25, 0.3) is 5.69 Å². The van der Waals surface area contributed by atoms with E-state index in [-0.39, 0.29) is 5.56 Å². The summed E-state index contributed by atoms with van der Waals surface area (Å²) in [6.45, 7) is 5.75. The summed E-state index contributed by atoms with van der Waals surface area (Å²) in [5.41, 5.74) is 2.91. The lowest BCUT2D eigenvalue weighted by atomic mass is 10.1. The van der Waals surface area contributed by atoms with Gasteiger partial charge < -0.3 is 0 Å². The Morgan fingerprint density at radius 2 is 1.71 bits per heavy atom. The van der Waals surface area contributed by atoms with Gasteiger partial charge in [0.1, 0.15) is 0 Å². The van der Waals surface area contributed by atoms with Crippen molar-refractivity contribution in [3.63, 3.8) is 0 Å². The molecule has 1 heterocycles. The smallest absolute Gasteiger partial charge is 0.274 e. The fraction of sp³-hybridized carbons (Fsp3) is 0.231. The molecule has 0 spiro atoms. The van der Waals surface area contributed by atoms with E-state index in [1.54, 1.807) is 6.92 Å². The van der Waals surface area contributed by atoms with E-state index in [4.69, 9.17) is 0 Å². The van der Waals surface area contributed by atoms with Gasteiger partial charge >= 0.3 is 5.69 Å². The van der Waals surface area contributed by atoms with Crippen LogP contribution >= 0.6 is 0 Å². The molecule has 17 heavy (non-hydrogen) atoms. The van der Waals surface area contributed by atoms with Crippen LogP contribution < -0.4 is 11.2 Å². The molecule has 0 fully saturated rings. The van der Waals surface area contributed by atoms with Crippen LogP contribution in [-0.4, -0.2) is 9.55 Å². The highest BCUT2D eigenvalue weighted by Gasteiger charge is 2.05. The third-order valence-electron chi connectivity index (χ3n) is 2.87. The van der Waals surface area contributed by atoms with Crippen molar-refractivity contribution in [3.8, 4) is 5.69 Å². The van der Waals surface area contributed by atoms with Gasteiger partial charge in [-0.25, -0.2) is 4.79 Å². The maximum atomic E-state index is 11.8. The number of aromatic amines is 1. The average Bonchev–Trinajstić information content (AvgIpc) is 2.21. The Labute approximate surface area is 98.6 Å². The van der Waals surface area contributed by atoms with Crippen molar-refractivity contribution in [1.82, 2.24) is 9.55 Å². The lowest BCUT2D eigenvalue weighted by Gasteiger charge is -2.10. The van der Waals surface area contributed by atoms with Gasteiger partial charge in [0, 0.05) is 11.8 Å². The fourth-order valence-corrected chi connectivity index (χ4v) is 1.80. The highest BCUT2D eigenvalue weighted by Crippen LogP contribution is 2.13. The SMILES string of the molecule is Cc1ccc(-n2c(C)cc(=O)[nH]c2=O)cc1C. The minimum absolute atomic E-state index is 0.368. The molecule has 0 aliphatic carbocycles. The van der Waals surface area contributed by atoms with Crippen molar-refractivity contribution >= 4 is 0 Å². The number of hydrogen-bond acceptors (Lipinski definition) is 2. The van der Waals surface area contributed by atoms with E-state index < -0.39 is 5.69 Å². The summed E-state index contributed by atoms with van der Waals surface area (Å²) in [7, 11) is 0. The molecule has 4 heteroatoms. The predicted molar refractivity (Wildman–Crippen MR) is 66.9 cm³/mol. The number of aryl methyl sites for hydroxylation is 3. The quantitative estimate of drug-likeness (QED) is 0.806. The van der Waals surface area contributed by atoms with Crippen LogP contribution in [0.5, 0.6) is 0 Å². The standard InChI is InChI=1S/C13H14N2O2/c1-8-4-5-11(6-9(8)2)15-10(3)7-12(16)14-13(15)17/h4-7H,1-3H3,(H,14,16,17). The van der Waals surface area contributed by atoms with Crippen LogP contribution in [0.4, 0.5) is 0 Å². The number of hydrogen-bond donors (Lipinski definition) is 1. The molecule has 0 radical (unpaired) electrons. The number of benzene rings is 1. The maximum absolute atomic E-state index is 11.8. The van der Waals surface area contributed by atoms with Gasteiger partial charge in [0.2, 0.25) is 0 Å². The van der Waals surface area contributed by atoms with Gasteiger partial charge in [0.05, 0.1) is 5.69 Å². The van der Waals surface area contributed by atoms with Crippen molar-refractivity contribution in [1.29, 1.82) is 0 Å². The van der Waals surface area contributed by atoms with Crippen molar-refractivity contribution in [2.24, 2.45) is 0 Å². The van der Waals surface area contributed by atoms with Gasteiger partial charge in [-0.2, -0.15) is 0 Å². The summed E-state index contributed by atoms with van der Waals surface area (Å²) in [6, 6.07) is 7.18. The number of H-pyrrole nitrogens is 1. The molecule has 0 aliphatic rings. The Kier molecular flexibility index (Phi) is 2.71. The molecular weight excluding hydrogens is 216 g/mol. The van der Waals surface area contributed by atoms with Gasteiger partial charge in [-0.15, -0.1) is 0 Å². The molecule has 2 rings (SSSR count). The minimum Gasteiger partial charge on any atom is -0.274 e. The van der Waals surface area contributed by atoms with E-state index in [2.05, 4.69) is 4.98 Å². The molecule has 0 aliphatic heterocycles. The zero-order chi connectivity index (χ0) is 12.6. The summed E-state index contributed by atoms with van der Waals surface area (Å²) >= 11 is 0. The Hall–Kier alpha value is -2.10. The van der Waals surface area contributed by atoms with Crippen LogP contribution in [-0.2, 0) is 0 Å². The van der Waals surface area contributed by atoms with Crippen LogP contribution in [0.3, 0.4) is 0 Å². The van der Waals surface area contributed by atoms with Gasteiger partial charge in [0.25, 0.3) is 5.56 Å². The Bertz CT molecular complexity index is 681. The number of rotatable bonds is 1. The monoisotopic (exact) mass is 230 g/mol. The summed E-state index contributed by atoms with van der Waals surface area (Å²) in [6.07, 6.45) is 0. The molecule has 0 unspecified atom stereocenters. The first kappa shape index (κ1) is 11.4. The predicted octanol–water partition coefficient (Wildman–Crippen LogP) is 1.45. The third kappa shape index (κ3) is 2.06. The lowest BCUT2D eigenvalue weighted by Crippen LogP contribution is -2.29. The Morgan fingerprint density at radius 1 is 1.00 bits per heavy atom. The minimum atomic E-state index is -0.404. The lowest BCUT2D eigenvalue weighted by molar-refractivity contribution is 0.855. The second kappa shape index (κ2) is 4.05. The van der Waals surface area contributed by atoms with Gasteiger partial charge in [-0.1, -0.05) is 6.07 Å². The van der Waals surface area contributed by atoms with Crippen LogP contribution in [0.1, 0.15) is 16.8 Å². The molecule has 0 atom stereocenters. The van der Waals surface area contributed by atoms with Crippen LogP contribution in [0.2, 0.25) is 0 Å². The highest BCUT2D eigenvalue weighted by atomic mass is 16.2. The van der Waals surface area contributed by atoms with E-state index in [0.29, 0.717) is 5.69 Å². The molecule has 4 nitrogen and oxygen atoms in total. The van der Waals surface area contributed by atoms with E-state index in [1.807, 2.05) is 32.0 Å². The van der Waals surface area contributed by atoms with Crippen molar-refractivity contribution in [2.45, 2.75) is 20.8 Å². The zero-order valence-corrected chi connectivity index (χ0v) is 10.1. The van der Waals surface area contributed by atoms with E-state index in [1.165, 1.54) is 16.2 Å². The molecular formula is C13H14N2O2. The first-order chi connectivity index (χ1) is 7.99. The largest absolute Gasteiger partial charge is 0.333 e. The van der Waals surface area contributed by atoms with E-state index in [0.717, 1.165) is 11.3 Å². The van der Waals surface area contributed by atoms with Crippen LogP contribution in [0.15, 0.2) is 33.9 Å². The third-order valence-corrected chi connectivity index (χ3v) is 2.87. The number of nitrogens with zero attached hydrogens (tertiary/aromatic N) is 1. The van der Waals surface area contributed by atoms with Crippen molar-refractivity contribution in [2.75, 3.05) is 0 Å². The molecule has 88 valence electrons. The molecule has 0 saturated heterocycles. The molecule has 0 saturated carbocycles. The van der Waals surface area contributed by atoms with Crippen molar-refractivity contribution < 1.29 is 0 Å². The van der Waals surface area contributed by atoms with E-state index in [9.17, 15) is 9.59 Å². The number of nitrogens with one attached hydrogen (secondary N) is 1. The molecule has 1 N–H and O–H groups in total. The summed E-state index contributed by atoms with van der Waals surface area (Å²) < 4.78 is 1.49. The summed E-state index contributed by atoms with van der Waals surface area (Å²) in [5, 5.41) is 0. The summed E-state index contributed by atoms with van der Waals surface area (Å²) in [5.74, 6) is 0. The molecule has 0 amide bonds. The molecule has 1 aromatic heterocycles. The topological polar surface area (TPSA) is 54.9 Å². The Balaban J connectivity index is 2.73. The highest BCUT2D eigenvalue weighted by molar-refractivity contribution is 5.40.